The van der Waals surface area contributed by atoms with E-state index in [-0.39, 0.29) is 11.9 Å². The minimum atomic E-state index is -1.16. The van der Waals surface area contributed by atoms with E-state index in [0.717, 1.165) is 25.7 Å². The molecule has 0 aromatic heterocycles. The molecule has 1 saturated carbocycles. The van der Waals surface area contributed by atoms with E-state index in [2.05, 4.69) is 0 Å². The zero-order valence-corrected chi connectivity index (χ0v) is 10.6. The minimum absolute atomic E-state index is 0.0482. The molecule has 3 aliphatic heterocycles. The normalized spacial score (nSPS) is 44.3. The second kappa shape index (κ2) is 3.60. The van der Waals surface area contributed by atoms with Crippen LogP contribution in [0.25, 0.3) is 0 Å². The Morgan fingerprint density at radius 1 is 1.42 bits per heavy atom. The molecule has 0 radical (unpaired) electrons. The third kappa shape index (κ3) is 1.34. The monoisotopic (exact) mass is 262 g/mol. The van der Waals surface area contributed by atoms with Crippen LogP contribution in [-0.4, -0.2) is 41.1 Å². The molecule has 2 saturated heterocycles. The molecule has 1 amide bonds. The lowest BCUT2D eigenvalue weighted by Gasteiger charge is -2.27. The molecule has 1 spiro atoms. The maximum absolute atomic E-state index is 12.6. The van der Waals surface area contributed by atoms with E-state index in [1.807, 2.05) is 11.0 Å². The number of carboxylic acids is 1. The molecular formula is C14H16NO4-. The average Bonchev–Trinajstić information content (AvgIpc) is 3.09. The van der Waals surface area contributed by atoms with Gasteiger partial charge in [-0.15, -0.1) is 0 Å². The predicted molar refractivity (Wildman–Crippen MR) is 62.7 cm³/mol. The van der Waals surface area contributed by atoms with Crippen LogP contribution in [0.2, 0.25) is 0 Å². The van der Waals surface area contributed by atoms with Gasteiger partial charge in [0.2, 0.25) is 5.91 Å². The lowest BCUT2D eigenvalue weighted by Crippen LogP contribution is -2.45. The zero-order valence-electron chi connectivity index (χ0n) is 10.6. The van der Waals surface area contributed by atoms with Gasteiger partial charge in [-0.25, -0.2) is 0 Å². The summed E-state index contributed by atoms with van der Waals surface area (Å²) in [6.07, 6.45) is 7.54. The molecule has 3 heterocycles. The minimum Gasteiger partial charge on any atom is -0.550 e. The van der Waals surface area contributed by atoms with Crippen LogP contribution in [0.1, 0.15) is 25.7 Å². The summed E-state index contributed by atoms with van der Waals surface area (Å²) in [5, 5.41) is 11.3. The van der Waals surface area contributed by atoms with Crippen molar-refractivity contribution in [2.45, 2.75) is 43.4 Å². The van der Waals surface area contributed by atoms with Gasteiger partial charge >= 0.3 is 0 Å². The fourth-order valence-corrected chi connectivity index (χ4v) is 4.32. The number of likely N-dealkylation sites (tertiary alicyclic amines) is 1. The Kier molecular flexibility index (Phi) is 2.17. The van der Waals surface area contributed by atoms with E-state index in [1.165, 1.54) is 0 Å². The predicted octanol–water partition coefficient (Wildman–Crippen LogP) is -0.539. The van der Waals surface area contributed by atoms with Crippen LogP contribution in [0, 0.1) is 11.8 Å². The standard InChI is InChI=1S/C14H17NO4/c16-12-11-10(13(17)18)9-5-6-14(11,19-9)7-15(12)8-3-1-2-4-8/h5-6,8-11H,1-4,7H2,(H,17,18)/p-1/t9-,10-,11+,14+/m0/s1. The molecule has 4 aliphatic rings. The Hall–Kier alpha value is -1.36. The van der Waals surface area contributed by atoms with Gasteiger partial charge < -0.3 is 19.5 Å². The average molecular weight is 262 g/mol. The molecule has 0 unspecified atom stereocenters. The third-order valence-electron chi connectivity index (χ3n) is 5.17. The van der Waals surface area contributed by atoms with Crippen LogP contribution in [0.15, 0.2) is 12.2 Å². The summed E-state index contributed by atoms with van der Waals surface area (Å²) in [6, 6.07) is 0.269. The molecule has 5 heteroatoms. The van der Waals surface area contributed by atoms with Crippen LogP contribution in [0.3, 0.4) is 0 Å². The van der Waals surface area contributed by atoms with Gasteiger partial charge in [-0.2, -0.15) is 0 Å². The molecular weight excluding hydrogens is 246 g/mol. The van der Waals surface area contributed by atoms with Crippen molar-refractivity contribution in [3.8, 4) is 0 Å². The van der Waals surface area contributed by atoms with Crippen molar-refractivity contribution in [3.05, 3.63) is 12.2 Å². The first kappa shape index (κ1) is 11.5. The first-order valence-electron chi connectivity index (χ1n) is 7.01. The summed E-state index contributed by atoms with van der Waals surface area (Å²) in [5.41, 5.74) is -0.699. The van der Waals surface area contributed by atoms with Gasteiger partial charge in [-0.1, -0.05) is 25.0 Å². The second-order valence-corrected chi connectivity index (χ2v) is 6.12. The number of carbonyl (C=O) groups is 2. The maximum Gasteiger partial charge on any atom is 0.230 e. The Morgan fingerprint density at radius 2 is 2.16 bits per heavy atom. The fraction of sp³-hybridized carbons (Fsp3) is 0.714. The van der Waals surface area contributed by atoms with Crippen molar-refractivity contribution in [2.75, 3.05) is 6.54 Å². The Labute approximate surface area is 111 Å². The summed E-state index contributed by atoms with van der Waals surface area (Å²) in [7, 11) is 0. The molecule has 0 aromatic carbocycles. The lowest BCUT2D eigenvalue weighted by molar-refractivity contribution is -0.313. The maximum atomic E-state index is 12.6. The number of ether oxygens (including phenoxy) is 1. The van der Waals surface area contributed by atoms with Crippen molar-refractivity contribution in [1.29, 1.82) is 0 Å². The topological polar surface area (TPSA) is 69.7 Å². The number of aliphatic carboxylic acids is 1. The lowest BCUT2D eigenvalue weighted by atomic mass is 9.77. The first-order chi connectivity index (χ1) is 9.12. The van der Waals surface area contributed by atoms with Crippen molar-refractivity contribution >= 4 is 11.9 Å². The highest BCUT2D eigenvalue weighted by Crippen LogP contribution is 2.52. The quantitative estimate of drug-likeness (QED) is 0.627. The van der Waals surface area contributed by atoms with E-state index in [9.17, 15) is 14.7 Å². The fourth-order valence-electron chi connectivity index (χ4n) is 4.32. The van der Waals surface area contributed by atoms with Gasteiger partial charge in [0.1, 0.15) is 5.60 Å². The largest absolute Gasteiger partial charge is 0.550 e. The third-order valence-corrected chi connectivity index (χ3v) is 5.17. The molecule has 19 heavy (non-hydrogen) atoms. The van der Waals surface area contributed by atoms with Gasteiger partial charge in [0, 0.05) is 17.9 Å². The van der Waals surface area contributed by atoms with E-state index in [0.29, 0.717) is 6.54 Å². The highest BCUT2D eigenvalue weighted by Gasteiger charge is 2.65. The first-order valence-corrected chi connectivity index (χ1v) is 7.01. The molecule has 0 aromatic rings. The highest BCUT2D eigenvalue weighted by molar-refractivity contribution is 5.90. The molecule has 1 aliphatic carbocycles. The van der Waals surface area contributed by atoms with Crippen LogP contribution < -0.4 is 5.11 Å². The SMILES string of the molecule is O=C([O-])[C@H]1[C@@H]2C=C[C@]3(CN(C4CCCC4)C(=O)[C@@H]13)O2. The smallest absolute Gasteiger partial charge is 0.230 e. The molecule has 5 nitrogen and oxygen atoms in total. The number of nitrogens with zero attached hydrogens (tertiary/aromatic N) is 1. The van der Waals surface area contributed by atoms with Gasteiger partial charge in [0.25, 0.3) is 0 Å². The molecule has 4 atom stereocenters. The van der Waals surface area contributed by atoms with Gasteiger partial charge in [0.15, 0.2) is 0 Å². The number of fused-ring (bicyclic) bond motifs is 1. The van der Waals surface area contributed by atoms with Crippen LogP contribution >= 0.6 is 0 Å². The van der Waals surface area contributed by atoms with Crippen molar-refractivity contribution in [1.82, 2.24) is 4.90 Å². The van der Waals surface area contributed by atoms with Crippen molar-refractivity contribution < 1.29 is 19.4 Å². The summed E-state index contributed by atoms with van der Waals surface area (Å²) < 4.78 is 5.82. The summed E-state index contributed by atoms with van der Waals surface area (Å²) in [6.45, 7) is 0.512. The number of rotatable bonds is 2. The van der Waals surface area contributed by atoms with Gasteiger partial charge in [-0.05, 0) is 12.8 Å². The van der Waals surface area contributed by atoms with E-state index < -0.39 is 29.5 Å². The Morgan fingerprint density at radius 3 is 2.84 bits per heavy atom. The summed E-state index contributed by atoms with van der Waals surface area (Å²) in [5.74, 6) is -2.60. The molecule has 4 rings (SSSR count). The van der Waals surface area contributed by atoms with Gasteiger partial charge in [0.05, 0.1) is 18.6 Å². The van der Waals surface area contributed by atoms with Crippen molar-refractivity contribution in [2.24, 2.45) is 11.8 Å². The summed E-state index contributed by atoms with van der Waals surface area (Å²) >= 11 is 0. The molecule has 102 valence electrons. The van der Waals surface area contributed by atoms with Crippen LogP contribution in [0.4, 0.5) is 0 Å². The number of carbonyl (C=O) groups excluding carboxylic acids is 2. The zero-order chi connectivity index (χ0) is 13.2. The van der Waals surface area contributed by atoms with Crippen molar-refractivity contribution in [3.63, 3.8) is 0 Å². The van der Waals surface area contributed by atoms with Crippen LogP contribution in [0.5, 0.6) is 0 Å². The molecule has 3 fully saturated rings. The van der Waals surface area contributed by atoms with E-state index in [4.69, 9.17) is 4.74 Å². The molecule has 2 bridgehead atoms. The number of carboxylic acid groups (broad SMARTS) is 1. The van der Waals surface area contributed by atoms with E-state index in [1.54, 1.807) is 6.08 Å². The summed E-state index contributed by atoms with van der Waals surface area (Å²) in [4.78, 5) is 25.8. The second-order valence-electron chi connectivity index (χ2n) is 6.12. The highest BCUT2D eigenvalue weighted by atomic mass is 16.5. The Balaban J connectivity index is 1.69. The van der Waals surface area contributed by atoms with Gasteiger partial charge in [-0.3, -0.25) is 4.79 Å². The number of hydrogen-bond donors (Lipinski definition) is 0. The number of amides is 1. The van der Waals surface area contributed by atoms with E-state index >= 15 is 0 Å². The van der Waals surface area contributed by atoms with Crippen LogP contribution in [-0.2, 0) is 14.3 Å². The Bertz CT molecular complexity index is 482. The number of hydrogen-bond acceptors (Lipinski definition) is 4. The molecule has 0 N–H and O–H groups in total.